The highest BCUT2D eigenvalue weighted by atomic mass is 16.5. The molecule has 2 fully saturated rings. The van der Waals surface area contributed by atoms with Crippen molar-refractivity contribution in [2.24, 2.45) is 13.0 Å². The summed E-state index contributed by atoms with van der Waals surface area (Å²) >= 11 is 0. The minimum Gasteiger partial charge on any atom is -0.374 e. The second-order valence-electron chi connectivity index (χ2n) is 7.44. The number of morpholine rings is 1. The van der Waals surface area contributed by atoms with Crippen molar-refractivity contribution >= 4 is 11.7 Å². The smallest absolute Gasteiger partial charge is 0.322 e. The summed E-state index contributed by atoms with van der Waals surface area (Å²) in [5.41, 5.74) is 1.75. The van der Waals surface area contributed by atoms with Crippen molar-refractivity contribution in [2.45, 2.75) is 58.0 Å². The predicted molar refractivity (Wildman–Crippen MR) is 94.2 cm³/mol. The molecule has 6 heteroatoms. The molecule has 2 amide bonds. The molecule has 0 aromatic carbocycles. The van der Waals surface area contributed by atoms with E-state index in [4.69, 9.17) is 4.74 Å². The van der Waals surface area contributed by atoms with E-state index in [-0.39, 0.29) is 18.1 Å². The Morgan fingerprint density at radius 3 is 2.79 bits per heavy atom. The molecule has 1 N–H and O–H groups in total. The standard InChI is InChI=1S/C18H30N4O2/c1-13(2)17-15(11-21(3)20-17)19-18(23)22-9-10-24-16(12-22)14-7-5-4-6-8-14/h11,13-14,16H,4-10,12H2,1-3H3,(H,19,23)/t16-/m0/s1. The molecule has 1 aromatic rings. The molecule has 2 heterocycles. The first kappa shape index (κ1) is 17.3. The largest absolute Gasteiger partial charge is 0.374 e. The second kappa shape index (κ2) is 7.55. The van der Waals surface area contributed by atoms with Crippen molar-refractivity contribution in [2.75, 3.05) is 25.0 Å². The fourth-order valence-corrected chi connectivity index (χ4v) is 3.87. The number of carbonyl (C=O) groups is 1. The van der Waals surface area contributed by atoms with E-state index >= 15 is 0 Å². The Hall–Kier alpha value is -1.56. The van der Waals surface area contributed by atoms with Gasteiger partial charge >= 0.3 is 6.03 Å². The summed E-state index contributed by atoms with van der Waals surface area (Å²) in [5.74, 6) is 0.889. The summed E-state index contributed by atoms with van der Waals surface area (Å²) in [5, 5.41) is 7.51. The average molecular weight is 334 g/mol. The summed E-state index contributed by atoms with van der Waals surface area (Å²) in [7, 11) is 1.88. The van der Waals surface area contributed by atoms with Gasteiger partial charge < -0.3 is 15.0 Å². The van der Waals surface area contributed by atoms with Gasteiger partial charge in [0.1, 0.15) is 0 Å². The van der Waals surface area contributed by atoms with Crippen molar-refractivity contribution < 1.29 is 9.53 Å². The van der Waals surface area contributed by atoms with Gasteiger partial charge in [-0.1, -0.05) is 33.1 Å². The fourth-order valence-electron chi connectivity index (χ4n) is 3.87. The number of ether oxygens (including phenoxy) is 1. The fraction of sp³-hybridized carbons (Fsp3) is 0.778. The second-order valence-corrected chi connectivity index (χ2v) is 7.44. The zero-order valence-electron chi connectivity index (χ0n) is 15.1. The Morgan fingerprint density at radius 1 is 1.33 bits per heavy atom. The maximum Gasteiger partial charge on any atom is 0.322 e. The number of nitrogens with one attached hydrogen (secondary N) is 1. The number of aryl methyl sites for hydroxylation is 1. The summed E-state index contributed by atoms with van der Waals surface area (Å²) in [6, 6.07) is -0.0333. The average Bonchev–Trinajstić information content (AvgIpc) is 2.96. The number of aromatic nitrogens is 2. The molecule has 3 rings (SSSR count). The molecule has 134 valence electrons. The Bertz CT molecular complexity index is 563. The summed E-state index contributed by atoms with van der Waals surface area (Å²) in [4.78, 5) is 14.6. The van der Waals surface area contributed by atoms with Crippen LogP contribution in [0.2, 0.25) is 0 Å². The molecule has 0 spiro atoms. The highest BCUT2D eigenvalue weighted by molar-refractivity contribution is 5.90. The molecule has 24 heavy (non-hydrogen) atoms. The van der Waals surface area contributed by atoms with Crippen LogP contribution in [0.4, 0.5) is 10.5 Å². The lowest BCUT2D eigenvalue weighted by molar-refractivity contribution is -0.0511. The third kappa shape index (κ3) is 3.91. The zero-order valence-corrected chi connectivity index (χ0v) is 15.1. The number of carbonyl (C=O) groups excluding carboxylic acids is 1. The summed E-state index contributed by atoms with van der Waals surface area (Å²) in [6.07, 6.45) is 8.48. The molecule has 0 unspecified atom stereocenters. The van der Waals surface area contributed by atoms with E-state index in [1.807, 2.05) is 18.1 Å². The van der Waals surface area contributed by atoms with Gasteiger partial charge in [0, 0.05) is 26.3 Å². The highest BCUT2D eigenvalue weighted by Crippen LogP contribution is 2.30. The topological polar surface area (TPSA) is 59.4 Å². The Balaban J connectivity index is 1.62. The zero-order chi connectivity index (χ0) is 17.1. The minimum absolute atomic E-state index is 0.0333. The van der Waals surface area contributed by atoms with Gasteiger partial charge in [0.05, 0.1) is 24.1 Å². The molecule has 1 saturated heterocycles. The molecule has 0 bridgehead atoms. The molecule has 1 aliphatic carbocycles. The molecular weight excluding hydrogens is 304 g/mol. The molecule has 2 aliphatic rings. The lowest BCUT2D eigenvalue weighted by Crippen LogP contribution is -2.50. The van der Waals surface area contributed by atoms with Gasteiger partial charge in [-0.15, -0.1) is 0 Å². The van der Waals surface area contributed by atoms with Crippen molar-refractivity contribution in [1.82, 2.24) is 14.7 Å². The van der Waals surface area contributed by atoms with Gasteiger partial charge in [0.25, 0.3) is 0 Å². The SMILES string of the molecule is CC(C)c1nn(C)cc1NC(=O)N1CCO[C@H](C2CCCCC2)C1. The van der Waals surface area contributed by atoms with E-state index in [2.05, 4.69) is 24.3 Å². The molecule has 1 aromatic heterocycles. The van der Waals surface area contributed by atoms with Crippen molar-refractivity contribution in [3.05, 3.63) is 11.9 Å². The number of anilines is 1. The quantitative estimate of drug-likeness (QED) is 0.922. The van der Waals surface area contributed by atoms with Gasteiger partial charge in [-0.3, -0.25) is 4.68 Å². The number of hydrogen-bond donors (Lipinski definition) is 1. The number of rotatable bonds is 3. The molecule has 1 aliphatic heterocycles. The van der Waals surface area contributed by atoms with Gasteiger partial charge in [-0.25, -0.2) is 4.79 Å². The first-order valence-corrected chi connectivity index (χ1v) is 9.25. The van der Waals surface area contributed by atoms with E-state index in [1.54, 1.807) is 4.68 Å². The van der Waals surface area contributed by atoms with Crippen LogP contribution in [-0.2, 0) is 11.8 Å². The van der Waals surface area contributed by atoms with Crippen molar-refractivity contribution in [3.8, 4) is 0 Å². The number of nitrogens with zero attached hydrogens (tertiary/aromatic N) is 3. The maximum absolute atomic E-state index is 12.7. The Morgan fingerprint density at radius 2 is 2.08 bits per heavy atom. The van der Waals surface area contributed by atoms with Gasteiger partial charge in [0.2, 0.25) is 0 Å². The van der Waals surface area contributed by atoms with Crippen LogP contribution in [0.3, 0.4) is 0 Å². The van der Waals surface area contributed by atoms with Gasteiger partial charge in [-0.05, 0) is 24.7 Å². The van der Waals surface area contributed by atoms with Crippen molar-refractivity contribution in [1.29, 1.82) is 0 Å². The van der Waals surface area contributed by atoms with Crippen LogP contribution in [0.25, 0.3) is 0 Å². The van der Waals surface area contributed by atoms with E-state index in [0.29, 0.717) is 25.6 Å². The number of amides is 2. The molecule has 0 radical (unpaired) electrons. The predicted octanol–water partition coefficient (Wildman–Crippen LogP) is 3.36. The van der Waals surface area contributed by atoms with Crippen LogP contribution in [0.5, 0.6) is 0 Å². The third-order valence-corrected chi connectivity index (χ3v) is 5.20. The number of hydrogen-bond acceptors (Lipinski definition) is 3. The normalized spacial score (nSPS) is 22.8. The molecule has 1 atom stereocenters. The van der Waals surface area contributed by atoms with Crippen molar-refractivity contribution in [3.63, 3.8) is 0 Å². The first-order valence-electron chi connectivity index (χ1n) is 9.25. The van der Waals surface area contributed by atoms with E-state index in [1.165, 1.54) is 32.1 Å². The van der Waals surface area contributed by atoms with Crippen LogP contribution in [0.1, 0.15) is 57.6 Å². The maximum atomic E-state index is 12.7. The lowest BCUT2D eigenvalue weighted by Gasteiger charge is -2.38. The van der Waals surface area contributed by atoms with E-state index in [9.17, 15) is 4.79 Å². The molecule has 6 nitrogen and oxygen atoms in total. The van der Waals surface area contributed by atoms with Crippen LogP contribution in [0, 0.1) is 5.92 Å². The van der Waals surface area contributed by atoms with Gasteiger partial charge in [-0.2, -0.15) is 5.10 Å². The minimum atomic E-state index is -0.0333. The summed E-state index contributed by atoms with van der Waals surface area (Å²) in [6.45, 7) is 6.18. The van der Waals surface area contributed by atoms with E-state index < -0.39 is 0 Å². The monoisotopic (exact) mass is 334 g/mol. The third-order valence-electron chi connectivity index (χ3n) is 5.20. The van der Waals surface area contributed by atoms with Crippen LogP contribution < -0.4 is 5.32 Å². The molecule has 1 saturated carbocycles. The van der Waals surface area contributed by atoms with Crippen LogP contribution >= 0.6 is 0 Å². The van der Waals surface area contributed by atoms with Gasteiger partial charge in [0.15, 0.2) is 0 Å². The van der Waals surface area contributed by atoms with E-state index in [0.717, 1.165) is 11.4 Å². The Labute approximate surface area is 144 Å². The Kier molecular flexibility index (Phi) is 5.43. The molecular formula is C18H30N4O2. The highest BCUT2D eigenvalue weighted by Gasteiger charge is 2.31. The lowest BCUT2D eigenvalue weighted by atomic mass is 9.84. The van der Waals surface area contributed by atoms with Crippen LogP contribution in [-0.4, -0.2) is 46.5 Å². The first-order chi connectivity index (χ1) is 11.5. The number of urea groups is 1. The summed E-state index contributed by atoms with van der Waals surface area (Å²) < 4.78 is 7.74. The van der Waals surface area contributed by atoms with Crippen LogP contribution in [0.15, 0.2) is 6.20 Å².